The molecule has 28 heavy (non-hydrogen) atoms. The van der Waals surface area contributed by atoms with Gasteiger partial charge in [-0.3, -0.25) is 4.79 Å². The molecule has 0 spiro atoms. The summed E-state index contributed by atoms with van der Waals surface area (Å²) >= 11 is 0. The van der Waals surface area contributed by atoms with E-state index in [2.05, 4.69) is 53.0 Å². The summed E-state index contributed by atoms with van der Waals surface area (Å²) in [5.41, 5.74) is 3.90. The molecule has 140 valence electrons. The summed E-state index contributed by atoms with van der Waals surface area (Å²) in [5.74, 6) is 0.941. The lowest BCUT2D eigenvalue weighted by Crippen LogP contribution is -2.33. The number of benzene rings is 1. The minimum Gasteiger partial charge on any atom is -0.335 e. The van der Waals surface area contributed by atoms with Crippen LogP contribution in [0, 0.1) is 0 Å². The van der Waals surface area contributed by atoms with Gasteiger partial charge in [0.25, 0.3) is 5.91 Å². The third-order valence-corrected chi connectivity index (χ3v) is 5.59. The summed E-state index contributed by atoms with van der Waals surface area (Å²) in [4.78, 5) is 14.7. The summed E-state index contributed by atoms with van der Waals surface area (Å²) in [6.07, 6.45) is 6.12. The molecule has 1 amide bonds. The number of aromatic nitrogens is 3. The van der Waals surface area contributed by atoms with E-state index < -0.39 is 0 Å². The van der Waals surface area contributed by atoms with E-state index in [9.17, 15) is 4.79 Å². The van der Waals surface area contributed by atoms with Crippen molar-refractivity contribution in [3.63, 3.8) is 0 Å². The molecule has 0 radical (unpaired) electrons. The zero-order valence-corrected chi connectivity index (χ0v) is 15.8. The van der Waals surface area contributed by atoms with E-state index in [0.29, 0.717) is 11.7 Å². The Morgan fingerprint density at radius 1 is 1.00 bits per heavy atom. The lowest BCUT2D eigenvalue weighted by atomic mass is 10.1. The number of pyridine rings is 1. The second-order valence-corrected chi connectivity index (χ2v) is 7.41. The zero-order chi connectivity index (χ0) is 19.1. The smallest absolute Gasteiger partial charge is 0.274 e. The first-order valence-corrected chi connectivity index (χ1v) is 9.74. The first kappa shape index (κ1) is 16.8. The van der Waals surface area contributed by atoms with E-state index in [-0.39, 0.29) is 5.91 Å². The maximum atomic E-state index is 12.8. The van der Waals surface area contributed by atoms with Gasteiger partial charge in [0.2, 0.25) is 0 Å². The van der Waals surface area contributed by atoms with Crippen LogP contribution in [-0.2, 0) is 0 Å². The van der Waals surface area contributed by atoms with Crippen molar-refractivity contribution < 1.29 is 4.79 Å². The second kappa shape index (κ2) is 6.68. The molecule has 0 bridgehead atoms. The number of hydrogen-bond acceptors (Lipinski definition) is 2. The van der Waals surface area contributed by atoms with Gasteiger partial charge in [-0.05, 0) is 55.2 Å². The predicted octanol–water partition coefficient (Wildman–Crippen LogP) is 4.42. The first-order valence-electron chi connectivity index (χ1n) is 9.74. The quantitative estimate of drug-likeness (QED) is 0.536. The van der Waals surface area contributed by atoms with Gasteiger partial charge in [-0.25, -0.2) is 4.68 Å². The van der Waals surface area contributed by atoms with Crippen molar-refractivity contribution in [1.29, 1.82) is 0 Å². The number of amides is 1. The molecule has 0 saturated carbocycles. The van der Waals surface area contributed by atoms with Crippen LogP contribution in [0.25, 0.3) is 22.5 Å². The fraction of sp³-hybridized carbons (Fsp3) is 0.217. The van der Waals surface area contributed by atoms with Gasteiger partial charge in [-0.2, -0.15) is 5.10 Å². The van der Waals surface area contributed by atoms with Crippen LogP contribution in [0.4, 0.5) is 0 Å². The van der Waals surface area contributed by atoms with E-state index in [0.717, 1.165) is 36.3 Å². The van der Waals surface area contributed by atoms with E-state index in [1.165, 1.54) is 5.56 Å². The highest BCUT2D eigenvalue weighted by Gasteiger charge is 2.27. The zero-order valence-electron chi connectivity index (χ0n) is 15.8. The lowest BCUT2D eigenvalue weighted by Gasteiger charge is -2.19. The van der Waals surface area contributed by atoms with Crippen LogP contribution in [0.2, 0.25) is 0 Å². The van der Waals surface area contributed by atoms with Gasteiger partial charge in [-0.15, -0.1) is 0 Å². The summed E-state index contributed by atoms with van der Waals surface area (Å²) in [6, 6.07) is 20.7. The molecule has 1 aliphatic heterocycles. The molecule has 1 aliphatic rings. The van der Waals surface area contributed by atoms with E-state index in [1.807, 2.05) is 41.4 Å². The molecule has 4 heterocycles. The largest absolute Gasteiger partial charge is 0.335 e. The molecule has 5 nitrogen and oxygen atoms in total. The molecule has 0 aliphatic carbocycles. The maximum Gasteiger partial charge on any atom is 0.274 e. The number of carbonyl (C=O) groups is 1. The molecule has 1 aromatic carbocycles. The Labute approximate surface area is 163 Å². The number of nitrogens with zero attached hydrogens (tertiary/aromatic N) is 4. The van der Waals surface area contributed by atoms with Gasteiger partial charge < -0.3 is 9.30 Å². The lowest BCUT2D eigenvalue weighted by molar-refractivity contribution is 0.0741. The molecular formula is C23H22N4O. The van der Waals surface area contributed by atoms with Crippen LogP contribution >= 0.6 is 0 Å². The molecule has 0 unspecified atom stereocenters. The highest BCUT2D eigenvalue weighted by atomic mass is 16.2. The molecule has 1 fully saturated rings. The average molecular weight is 370 g/mol. The summed E-state index contributed by atoms with van der Waals surface area (Å²) in [6.45, 7) is 2.93. The third kappa shape index (κ3) is 2.80. The van der Waals surface area contributed by atoms with Crippen LogP contribution < -0.4 is 0 Å². The fourth-order valence-electron chi connectivity index (χ4n) is 4.02. The molecule has 3 aromatic heterocycles. The third-order valence-electron chi connectivity index (χ3n) is 5.59. The molecule has 1 atom stereocenters. The molecular weight excluding hydrogens is 348 g/mol. The fourth-order valence-corrected chi connectivity index (χ4v) is 4.02. The van der Waals surface area contributed by atoms with Gasteiger partial charge in [0.15, 0.2) is 5.69 Å². The Morgan fingerprint density at radius 3 is 2.61 bits per heavy atom. The second-order valence-electron chi connectivity index (χ2n) is 7.41. The molecule has 5 rings (SSSR count). The van der Waals surface area contributed by atoms with Gasteiger partial charge >= 0.3 is 0 Å². The van der Waals surface area contributed by atoms with Crippen LogP contribution in [0.5, 0.6) is 0 Å². The minimum atomic E-state index is 0.0228. The minimum absolute atomic E-state index is 0.0228. The molecule has 1 saturated heterocycles. The number of carbonyl (C=O) groups excluding carboxylic acids is 1. The van der Waals surface area contributed by atoms with Crippen LogP contribution in [0.3, 0.4) is 0 Å². The van der Waals surface area contributed by atoms with E-state index in [1.54, 1.807) is 4.68 Å². The topological polar surface area (TPSA) is 42.5 Å². The van der Waals surface area contributed by atoms with Crippen LogP contribution in [0.15, 0.2) is 73.1 Å². The van der Waals surface area contributed by atoms with Crippen molar-refractivity contribution in [2.45, 2.75) is 25.8 Å². The van der Waals surface area contributed by atoms with Crippen molar-refractivity contribution in [2.24, 2.45) is 0 Å². The number of hydrogen-bond donors (Lipinski definition) is 0. The van der Waals surface area contributed by atoms with Gasteiger partial charge in [0.05, 0.1) is 0 Å². The Balaban J connectivity index is 1.51. The standard InChI is InChI=1S/C23H22N4O/c1-17-6-5-14-25(17)23(28)21-13-15-27(24-21)22-12-11-20-10-9-19(16-26(20)22)18-7-3-2-4-8-18/h2-4,7-13,15-17H,5-6,14H2,1H3/t17-/m0/s1. The maximum absolute atomic E-state index is 12.8. The van der Waals surface area contributed by atoms with Crippen molar-refractivity contribution in [2.75, 3.05) is 6.54 Å². The molecule has 5 heteroatoms. The number of likely N-dealkylation sites (tertiary alicyclic amines) is 1. The Hall–Kier alpha value is -3.34. The SMILES string of the molecule is C[C@H]1CCCN1C(=O)c1ccn(-c2ccc3ccc(-c4ccccc4)cn23)n1. The van der Waals surface area contributed by atoms with Crippen LogP contribution in [0.1, 0.15) is 30.3 Å². The van der Waals surface area contributed by atoms with Crippen LogP contribution in [-0.4, -0.2) is 37.6 Å². The van der Waals surface area contributed by atoms with Crippen molar-refractivity contribution >= 4 is 11.4 Å². The highest BCUT2D eigenvalue weighted by molar-refractivity contribution is 5.92. The van der Waals surface area contributed by atoms with E-state index in [4.69, 9.17) is 0 Å². The summed E-state index contributed by atoms with van der Waals surface area (Å²) in [5, 5.41) is 4.59. The Kier molecular flexibility index (Phi) is 4.01. The summed E-state index contributed by atoms with van der Waals surface area (Å²) < 4.78 is 3.90. The molecule has 4 aromatic rings. The monoisotopic (exact) mass is 370 g/mol. The highest BCUT2D eigenvalue weighted by Crippen LogP contribution is 2.23. The van der Waals surface area contributed by atoms with Gasteiger partial charge in [0.1, 0.15) is 5.82 Å². The number of fused-ring (bicyclic) bond motifs is 1. The average Bonchev–Trinajstić information content (AvgIpc) is 3.46. The van der Waals surface area contributed by atoms with E-state index >= 15 is 0 Å². The first-order chi connectivity index (χ1) is 13.7. The normalized spacial score (nSPS) is 16.8. The summed E-state index contributed by atoms with van der Waals surface area (Å²) in [7, 11) is 0. The Bertz CT molecular complexity index is 1140. The van der Waals surface area contributed by atoms with Gasteiger partial charge in [-0.1, -0.05) is 36.4 Å². The van der Waals surface area contributed by atoms with Crippen molar-refractivity contribution in [3.8, 4) is 16.9 Å². The molecule has 0 N–H and O–H groups in total. The van der Waals surface area contributed by atoms with Crippen molar-refractivity contribution in [3.05, 3.63) is 78.8 Å². The predicted molar refractivity (Wildman–Crippen MR) is 110 cm³/mol. The number of rotatable bonds is 3. The Morgan fingerprint density at radius 2 is 1.82 bits per heavy atom. The van der Waals surface area contributed by atoms with Crippen molar-refractivity contribution in [1.82, 2.24) is 19.1 Å². The van der Waals surface area contributed by atoms with Gasteiger partial charge in [0, 0.05) is 30.5 Å².